The van der Waals surface area contributed by atoms with Gasteiger partial charge >= 0.3 is 0 Å². The fourth-order valence-electron chi connectivity index (χ4n) is 6.22. The van der Waals surface area contributed by atoms with Gasteiger partial charge in [0.1, 0.15) is 0 Å². The number of carbonyl (C=O) groups is 2. The summed E-state index contributed by atoms with van der Waals surface area (Å²) in [7, 11) is 0. The Balaban J connectivity index is 1.65. The van der Waals surface area contributed by atoms with Crippen LogP contribution >= 0.6 is 0 Å². The summed E-state index contributed by atoms with van der Waals surface area (Å²) < 4.78 is 0. The summed E-state index contributed by atoms with van der Waals surface area (Å²) in [6, 6.07) is 23.5. The van der Waals surface area contributed by atoms with Crippen LogP contribution in [0.3, 0.4) is 0 Å². The van der Waals surface area contributed by atoms with E-state index in [0.29, 0.717) is 5.69 Å². The lowest BCUT2D eigenvalue weighted by molar-refractivity contribution is -0.124. The summed E-state index contributed by atoms with van der Waals surface area (Å²) in [6.45, 7) is 1.74. The van der Waals surface area contributed by atoms with Gasteiger partial charge in [0.2, 0.25) is 11.8 Å². The van der Waals surface area contributed by atoms with Crippen LogP contribution in [0.4, 0.5) is 5.69 Å². The highest BCUT2D eigenvalue weighted by Crippen LogP contribution is 2.64. The number of benzene rings is 3. The lowest BCUT2D eigenvalue weighted by Crippen LogP contribution is -2.55. The first-order valence-corrected chi connectivity index (χ1v) is 10.3. The van der Waals surface area contributed by atoms with Crippen LogP contribution in [0, 0.1) is 18.8 Å². The molecular formula is C26H21NO3. The SMILES string of the molecule is Cc1cccc(N2C(=O)[C@@H]3[C@@H](C2=O)C2c4ccccc4C3(CO)c3ccccc32)c1. The van der Waals surface area contributed by atoms with Gasteiger partial charge in [-0.2, -0.15) is 0 Å². The zero-order valence-electron chi connectivity index (χ0n) is 16.6. The zero-order chi connectivity index (χ0) is 20.6. The molecule has 148 valence electrons. The van der Waals surface area contributed by atoms with Crippen molar-refractivity contribution >= 4 is 17.5 Å². The zero-order valence-corrected chi connectivity index (χ0v) is 16.6. The topological polar surface area (TPSA) is 57.6 Å². The van der Waals surface area contributed by atoms with Crippen molar-refractivity contribution in [3.05, 3.63) is 101 Å². The first-order chi connectivity index (χ1) is 14.6. The highest BCUT2D eigenvalue weighted by Gasteiger charge is 2.68. The first-order valence-electron chi connectivity index (χ1n) is 10.3. The average molecular weight is 395 g/mol. The predicted octanol–water partition coefficient (Wildman–Crippen LogP) is 3.54. The van der Waals surface area contributed by atoms with Crippen molar-refractivity contribution < 1.29 is 14.7 Å². The Hall–Kier alpha value is -3.24. The Morgan fingerprint density at radius 3 is 2.10 bits per heavy atom. The van der Waals surface area contributed by atoms with Gasteiger partial charge in [0, 0.05) is 5.92 Å². The second-order valence-corrected chi connectivity index (χ2v) is 8.64. The summed E-state index contributed by atoms with van der Waals surface area (Å²) in [5.41, 5.74) is 4.76. The molecule has 3 aliphatic carbocycles. The molecule has 4 aliphatic rings. The Morgan fingerprint density at radius 1 is 0.867 bits per heavy atom. The molecule has 1 N–H and O–H groups in total. The van der Waals surface area contributed by atoms with Crippen molar-refractivity contribution in [1.82, 2.24) is 0 Å². The normalized spacial score (nSPS) is 28.3. The molecule has 2 bridgehead atoms. The molecule has 1 fully saturated rings. The smallest absolute Gasteiger partial charge is 0.239 e. The van der Waals surface area contributed by atoms with Gasteiger partial charge in [-0.1, -0.05) is 60.7 Å². The maximum absolute atomic E-state index is 13.8. The number of amides is 2. The van der Waals surface area contributed by atoms with Gasteiger partial charge in [-0.15, -0.1) is 0 Å². The summed E-state index contributed by atoms with van der Waals surface area (Å²) in [5, 5.41) is 10.8. The summed E-state index contributed by atoms with van der Waals surface area (Å²) >= 11 is 0. The largest absolute Gasteiger partial charge is 0.395 e. The summed E-state index contributed by atoms with van der Waals surface area (Å²) in [5.74, 6) is -1.66. The molecule has 1 saturated heterocycles. The third-order valence-corrected chi connectivity index (χ3v) is 7.30. The molecule has 4 nitrogen and oxygen atoms in total. The molecule has 1 aliphatic heterocycles. The van der Waals surface area contributed by atoms with E-state index >= 15 is 0 Å². The minimum Gasteiger partial charge on any atom is -0.395 e. The fourth-order valence-corrected chi connectivity index (χ4v) is 6.22. The van der Waals surface area contributed by atoms with Crippen LogP contribution in [0.2, 0.25) is 0 Å². The van der Waals surface area contributed by atoms with E-state index in [9.17, 15) is 14.7 Å². The van der Waals surface area contributed by atoms with E-state index in [0.717, 1.165) is 27.8 Å². The number of rotatable bonds is 2. The van der Waals surface area contributed by atoms with Crippen LogP contribution in [-0.4, -0.2) is 23.5 Å². The predicted molar refractivity (Wildman–Crippen MR) is 113 cm³/mol. The molecule has 0 unspecified atom stereocenters. The Kier molecular flexibility index (Phi) is 3.46. The van der Waals surface area contributed by atoms with Crippen LogP contribution in [0.15, 0.2) is 72.8 Å². The molecule has 2 atom stereocenters. The monoisotopic (exact) mass is 395 g/mol. The van der Waals surface area contributed by atoms with Gasteiger partial charge in [0.25, 0.3) is 0 Å². The first kappa shape index (κ1) is 17.6. The van der Waals surface area contributed by atoms with Gasteiger partial charge in [0.05, 0.1) is 29.5 Å². The van der Waals surface area contributed by atoms with Crippen molar-refractivity contribution in [3.63, 3.8) is 0 Å². The number of carbonyl (C=O) groups excluding carboxylic acids is 2. The van der Waals surface area contributed by atoms with Gasteiger partial charge < -0.3 is 5.11 Å². The van der Waals surface area contributed by atoms with E-state index in [2.05, 4.69) is 0 Å². The second kappa shape index (κ2) is 5.89. The highest BCUT2D eigenvalue weighted by atomic mass is 16.3. The number of hydrogen-bond donors (Lipinski definition) is 1. The van der Waals surface area contributed by atoms with Crippen molar-refractivity contribution in [2.24, 2.45) is 11.8 Å². The minimum absolute atomic E-state index is 0.164. The molecule has 1 heterocycles. The second-order valence-electron chi connectivity index (χ2n) is 8.64. The standard InChI is InChI=1S/C26H21NO3/c1-15-7-6-8-16(13-15)27-24(29)22-21-17-9-2-4-11-19(17)26(14-28,23(22)25(27)30)20-12-5-3-10-18(20)21/h2-13,21-23,28H,14H2,1H3/t21?,22-,23-,26?/m0/s1. The minimum atomic E-state index is -0.905. The molecule has 4 heteroatoms. The highest BCUT2D eigenvalue weighted by molar-refractivity contribution is 6.23. The van der Waals surface area contributed by atoms with E-state index in [4.69, 9.17) is 0 Å². The van der Waals surface area contributed by atoms with E-state index in [1.165, 1.54) is 4.90 Å². The van der Waals surface area contributed by atoms with Crippen molar-refractivity contribution in [2.75, 3.05) is 11.5 Å². The Morgan fingerprint density at radius 2 is 1.50 bits per heavy atom. The maximum atomic E-state index is 13.8. The van der Waals surface area contributed by atoms with Crippen LogP contribution < -0.4 is 4.90 Å². The van der Waals surface area contributed by atoms with Crippen LogP contribution in [0.5, 0.6) is 0 Å². The molecule has 2 amide bonds. The third-order valence-electron chi connectivity index (χ3n) is 7.30. The molecule has 0 spiro atoms. The van der Waals surface area contributed by atoms with Gasteiger partial charge in [-0.3, -0.25) is 9.59 Å². The van der Waals surface area contributed by atoms with Gasteiger partial charge in [0.15, 0.2) is 0 Å². The molecule has 0 radical (unpaired) electrons. The van der Waals surface area contributed by atoms with E-state index < -0.39 is 17.3 Å². The molecule has 0 aromatic heterocycles. The van der Waals surface area contributed by atoms with E-state index in [-0.39, 0.29) is 24.3 Å². The maximum Gasteiger partial charge on any atom is 0.239 e. The quantitative estimate of drug-likeness (QED) is 0.676. The molecule has 3 aromatic carbocycles. The number of nitrogens with zero attached hydrogens (tertiary/aromatic N) is 1. The molecular weight excluding hydrogens is 374 g/mol. The van der Waals surface area contributed by atoms with Crippen molar-refractivity contribution in [3.8, 4) is 0 Å². The number of anilines is 1. The number of aryl methyl sites for hydroxylation is 1. The van der Waals surface area contributed by atoms with E-state index in [1.807, 2.05) is 79.7 Å². The number of hydrogen-bond acceptors (Lipinski definition) is 3. The van der Waals surface area contributed by atoms with Gasteiger partial charge in [-0.05, 0) is 46.9 Å². The van der Waals surface area contributed by atoms with Crippen molar-refractivity contribution in [1.29, 1.82) is 0 Å². The number of aliphatic hydroxyl groups excluding tert-OH is 1. The number of aliphatic hydroxyl groups is 1. The average Bonchev–Trinajstić information content (AvgIpc) is 3.05. The third kappa shape index (κ3) is 1.90. The van der Waals surface area contributed by atoms with Crippen LogP contribution in [-0.2, 0) is 15.0 Å². The Labute approximate surface area is 174 Å². The van der Waals surface area contributed by atoms with Crippen molar-refractivity contribution in [2.45, 2.75) is 18.3 Å². The van der Waals surface area contributed by atoms with Gasteiger partial charge in [-0.25, -0.2) is 4.90 Å². The molecule has 30 heavy (non-hydrogen) atoms. The molecule has 0 saturated carbocycles. The molecule has 7 rings (SSSR count). The lowest BCUT2D eigenvalue weighted by atomic mass is 9.47. The Bertz CT molecular complexity index is 1180. The van der Waals surface area contributed by atoms with Crippen LogP contribution in [0.1, 0.15) is 33.7 Å². The van der Waals surface area contributed by atoms with E-state index in [1.54, 1.807) is 0 Å². The summed E-state index contributed by atoms with van der Waals surface area (Å²) in [6.07, 6.45) is 0. The summed E-state index contributed by atoms with van der Waals surface area (Å²) in [4.78, 5) is 28.9. The lowest BCUT2D eigenvalue weighted by Gasteiger charge is -2.53. The molecule has 3 aromatic rings. The number of imide groups is 1. The van der Waals surface area contributed by atoms with Crippen LogP contribution in [0.25, 0.3) is 0 Å². The fraction of sp³-hybridized carbons (Fsp3) is 0.231.